The zero-order valence-corrected chi connectivity index (χ0v) is 22.9. The summed E-state index contributed by atoms with van der Waals surface area (Å²) in [6, 6.07) is 6.74. The van der Waals surface area contributed by atoms with Crippen molar-refractivity contribution in [2.75, 3.05) is 24.3 Å². The number of unbranched alkanes of at least 4 members (excludes halogenated alkanes) is 1. The minimum atomic E-state index is -2.00. The highest BCUT2D eigenvalue weighted by molar-refractivity contribution is 7.17. The quantitative estimate of drug-likeness (QED) is 0.197. The molecule has 15 heteroatoms. The van der Waals surface area contributed by atoms with Gasteiger partial charge >= 0.3 is 0 Å². The number of carbonyl (C=O) groups is 3. The van der Waals surface area contributed by atoms with Crippen molar-refractivity contribution in [2.24, 2.45) is 5.92 Å². The second-order valence-electron chi connectivity index (χ2n) is 9.29. The maximum absolute atomic E-state index is 12.9. The Morgan fingerprint density at radius 2 is 1.90 bits per heavy atom. The molecule has 0 spiro atoms. The minimum absolute atomic E-state index is 0.0674. The van der Waals surface area contributed by atoms with E-state index in [1.165, 1.54) is 30.7 Å². The van der Waals surface area contributed by atoms with E-state index < -0.39 is 11.1 Å². The van der Waals surface area contributed by atoms with Crippen LogP contribution in [-0.2, 0) is 4.79 Å². The van der Waals surface area contributed by atoms with Crippen molar-refractivity contribution in [3.8, 4) is 16.3 Å². The van der Waals surface area contributed by atoms with Gasteiger partial charge in [-0.3, -0.25) is 14.4 Å². The predicted octanol–water partition coefficient (Wildman–Crippen LogP) is 2.08. The van der Waals surface area contributed by atoms with E-state index >= 15 is 0 Å². The SMILES string of the molecule is [B]C([B])([B])NC(=O)c1nnc(NC(=O)C2CC2)cc1Nc1cccc(-c2ncc(C(=O)NCCCC)s2)c1OC. The first-order chi connectivity index (χ1) is 19.1. The summed E-state index contributed by atoms with van der Waals surface area (Å²) in [6.07, 6.45) is 4.99. The molecule has 1 saturated carbocycles. The first kappa shape index (κ1) is 29.1. The van der Waals surface area contributed by atoms with Crippen molar-refractivity contribution in [1.82, 2.24) is 25.8 Å². The number of benzene rings is 1. The van der Waals surface area contributed by atoms with Crippen LogP contribution in [0.1, 0.15) is 52.8 Å². The van der Waals surface area contributed by atoms with Crippen molar-refractivity contribution < 1.29 is 19.1 Å². The van der Waals surface area contributed by atoms with Crippen LogP contribution in [-0.4, -0.2) is 75.3 Å². The van der Waals surface area contributed by atoms with E-state index in [9.17, 15) is 14.4 Å². The van der Waals surface area contributed by atoms with Gasteiger partial charge in [0.25, 0.3) is 11.8 Å². The average Bonchev–Trinajstić information content (AvgIpc) is 3.64. The summed E-state index contributed by atoms with van der Waals surface area (Å²) in [6.45, 7) is 2.64. The Balaban J connectivity index is 1.66. The largest absolute Gasteiger partial charge is 0.494 e. The molecule has 1 aliphatic rings. The van der Waals surface area contributed by atoms with E-state index in [0.717, 1.165) is 25.7 Å². The fourth-order valence-corrected chi connectivity index (χ4v) is 4.54. The summed E-state index contributed by atoms with van der Waals surface area (Å²) < 4.78 is 5.71. The standard InChI is InChI=1S/C25H26B3N7O4S/c1-3-4-10-29-22(37)17-12-30-24(40-17)14-6-5-7-15(20(14)39-2)31-16-11-18(32-21(36)13-8-9-13)34-35-19(16)23(38)33-25(26,27)28/h5-7,11-13H,3-4,8-10H2,1-2H3,(H,29,37)(H,33,38)(H2,31,32,34,36). The first-order valence-electron chi connectivity index (χ1n) is 12.7. The number of anilines is 3. The van der Waals surface area contributed by atoms with Gasteiger partial charge in [0.05, 0.1) is 53.8 Å². The van der Waals surface area contributed by atoms with Gasteiger partial charge in [-0.1, -0.05) is 24.6 Å². The number of rotatable bonds is 12. The van der Waals surface area contributed by atoms with Gasteiger partial charge in [0, 0.05) is 18.5 Å². The van der Waals surface area contributed by atoms with E-state index in [2.05, 4.69) is 43.4 Å². The van der Waals surface area contributed by atoms with Gasteiger partial charge in [0.1, 0.15) is 9.88 Å². The second-order valence-corrected chi connectivity index (χ2v) is 10.3. The summed E-state index contributed by atoms with van der Waals surface area (Å²) >= 11 is 1.22. The smallest absolute Gasteiger partial charge is 0.272 e. The number of hydrogen-bond donors (Lipinski definition) is 4. The third kappa shape index (κ3) is 7.41. The minimum Gasteiger partial charge on any atom is -0.494 e. The molecule has 0 aliphatic heterocycles. The monoisotopic (exact) mass is 553 g/mol. The number of aromatic nitrogens is 3. The molecule has 1 aliphatic carbocycles. The molecular weight excluding hydrogens is 527 g/mol. The van der Waals surface area contributed by atoms with E-state index in [4.69, 9.17) is 28.3 Å². The van der Waals surface area contributed by atoms with Crippen molar-refractivity contribution in [1.29, 1.82) is 0 Å². The van der Waals surface area contributed by atoms with Crippen LogP contribution in [0, 0.1) is 5.92 Å². The molecule has 6 radical (unpaired) electrons. The molecule has 3 aromatic rings. The molecule has 4 rings (SSSR count). The van der Waals surface area contributed by atoms with E-state index in [0.29, 0.717) is 33.4 Å². The molecule has 11 nitrogen and oxygen atoms in total. The summed E-state index contributed by atoms with van der Waals surface area (Å²) in [7, 11) is 18.1. The van der Waals surface area contributed by atoms with E-state index in [1.54, 1.807) is 18.2 Å². The normalized spacial score (nSPS) is 12.8. The van der Waals surface area contributed by atoms with Crippen LogP contribution >= 0.6 is 11.3 Å². The lowest BCUT2D eigenvalue weighted by Gasteiger charge is -2.23. The molecule has 1 aromatic carbocycles. The van der Waals surface area contributed by atoms with Crippen LogP contribution < -0.4 is 26.0 Å². The van der Waals surface area contributed by atoms with Gasteiger partial charge in [0.2, 0.25) is 5.91 Å². The van der Waals surface area contributed by atoms with Crippen LogP contribution in [0.25, 0.3) is 10.6 Å². The molecule has 200 valence electrons. The highest BCUT2D eigenvalue weighted by atomic mass is 32.1. The highest BCUT2D eigenvalue weighted by Crippen LogP contribution is 2.40. The molecule has 0 saturated heterocycles. The number of nitrogens with zero attached hydrogens (tertiary/aromatic N) is 3. The Hall–Kier alpha value is -3.87. The van der Waals surface area contributed by atoms with Gasteiger partial charge in [-0.15, -0.1) is 21.5 Å². The average molecular weight is 553 g/mol. The molecule has 4 N–H and O–H groups in total. The number of nitrogens with one attached hydrogen (secondary N) is 4. The fraction of sp³-hybridized carbons (Fsp3) is 0.360. The van der Waals surface area contributed by atoms with E-state index in [-0.39, 0.29) is 34.9 Å². The number of amides is 3. The Morgan fingerprint density at radius 3 is 2.58 bits per heavy atom. The van der Waals surface area contributed by atoms with Crippen molar-refractivity contribution in [3.63, 3.8) is 0 Å². The maximum atomic E-state index is 12.9. The van der Waals surface area contributed by atoms with Crippen LogP contribution in [0.5, 0.6) is 5.75 Å². The lowest BCUT2D eigenvalue weighted by Crippen LogP contribution is -2.50. The van der Waals surface area contributed by atoms with Crippen LogP contribution in [0.4, 0.5) is 17.2 Å². The third-order valence-corrected chi connectivity index (χ3v) is 6.83. The lowest BCUT2D eigenvalue weighted by molar-refractivity contribution is -0.117. The molecule has 0 bridgehead atoms. The molecule has 3 amide bonds. The van der Waals surface area contributed by atoms with Crippen molar-refractivity contribution >= 4 is 69.8 Å². The molecule has 0 atom stereocenters. The molecule has 2 aromatic heterocycles. The molecule has 1 fully saturated rings. The van der Waals surface area contributed by atoms with Crippen LogP contribution in [0.2, 0.25) is 0 Å². The maximum Gasteiger partial charge on any atom is 0.272 e. The fourth-order valence-electron chi connectivity index (χ4n) is 3.68. The van der Waals surface area contributed by atoms with Crippen LogP contribution in [0.15, 0.2) is 30.5 Å². The summed E-state index contributed by atoms with van der Waals surface area (Å²) in [5.74, 6) is -0.698. The topological polar surface area (TPSA) is 147 Å². The van der Waals surface area contributed by atoms with Crippen LogP contribution in [0.3, 0.4) is 0 Å². The third-order valence-electron chi connectivity index (χ3n) is 5.80. The highest BCUT2D eigenvalue weighted by Gasteiger charge is 2.30. The van der Waals surface area contributed by atoms with Crippen molar-refractivity contribution in [3.05, 3.63) is 41.0 Å². The number of ether oxygens (including phenoxy) is 1. The van der Waals surface area contributed by atoms with Gasteiger partial charge in [-0.2, -0.15) is 0 Å². The Kier molecular flexibility index (Phi) is 9.13. The number of thiazole rings is 1. The second kappa shape index (κ2) is 12.5. The van der Waals surface area contributed by atoms with Gasteiger partial charge < -0.3 is 26.0 Å². The Bertz CT molecular complexity index is 1410. The Morgan fingerprint density at radius 1 is 1.12 bits per heavy atom. The van der Waals surface area contributed by atoms with E-state index in [1.807, 2.05) is 0 Å². The number of hydrogen-bond acceptors (Lipinski definition) is 9. The predicted molar refractivity (Wildman–Crippen MR) is 155 cm³/mol. The number of methoxy groups -OCH3 is 1. The van der Waals surface area contributed by atoms with Crippen molar-refractivity contribution in [2.45, 2.75) is 37.8 Å². The van der Waals surface area contributed by atoms with Gasteiger partial charge in [0.15, 0.2) is 17.3 Å². The zero-order chi connectivity index (χ0) is 28.9. The first-order valence-corrected chi connectivity index (χ1v) is 13.5. The summed E-state index contributed by atoms with van der Waals surface area (Å²) in [5, 5.41) is 17.4. The Labute approximate surface area is 239 Å². The van der Waals surface area contributed by atoms with Gasteiger partial charge in [-0.05, 0) is 31.4 Å². The zero-order valence-electron chi connectivity index (χ0n) is 22.1. The van der Waals surface area contributed by atoms with Gasteiger partial charge in [-0.25, -0.2) is 4.98 Å². The lowest BCUT2D eigenvalue weighted by atomic mass is 9.49. The molecular formula is C25H26B3N7O4S. The number of carbonyl (C=O) groups excluding carboxylic acids is 3. The number of para-hydroxylation sites is 1. The molecule has 0 unspecified atom stereocenters. The molecule has 40 heavy (non-hydrogen) atoms. The summed E-state index contributed by atoms with van der Waals surface area (Å²) in [5.41, 5.74) is 1.06. The molecule has 2 heterocycles. The summed E-state index contributed by atoms with van der Waals surface area (Å²) in [4.78, 5) is 42.5.